The molecule has 2 rings (SSSR count). The molecular weight excluding hydrogens is 288 g/mol. The average molecular weight is 299 g/mol. The van der Waals surface area contributed by atoms with Crippen LogP contribution in [0.2, 0.25) is 0 Å². The molecule has 0 saturated heterocycles. The Bertz CT molecular complexity index is 557. The quantitative estimate of drug-likeness (QED) is 0.887. The van der Waals surface area contributed by atoms with Crippen molar-refractivity contribution in [2.45, 2.75) is 19.8 Å². The molecule has 84 valence electrons. The average Bonchev–Trinajstić information content (AvgIpc) is 2.55. The van der Waals surface area contributed by atoms with Crippen LogP contribution in [0.5, 0.6) is 0 Å². The van der Waals surface area contributed by atoms with Gasteiger partial charge in [0.25, 0.3) is 0 Å². The van der Waals surface area contributed by atoms with Gasteiger partial charge in [-0.3, -0.25) is 0 Å². The maximum Gasteiger partial charge on any atom is 0.346 e. The van der Waals surface area contributed by atoms with Crippen molar-refractivity contribution < 1.29 is 9.90 Å². The zero-order valence-electron chi connectivity index (χ0n) is 8.95. The Kier molecular flexibility index (Phi) is 3.04. The zero-order chi connectivity index (χ0) is 11.9. The number of benzene rings is 1. The van der Waals surface area contributed by atoms with E-state index in [1.54, 1.807) is 0 Å². The van der Waals surface area contributed by atoms with Crippen molar-refractivity contribution in [3.8, 4) is 0 Å². The normalized spacial score (nSPS) is 11.2. The van der Waals surface area contributed by atoms with Crippen molar-refractivity contribution in [1.82, 2.24) is 0 Å². The number of carbonyl (C=O) groups is 1. The van der Waals surface area contributed by atoms with E-state index in [9.17, 15) is 9.90 Å². The first-order valence-electron chi connectivity index (χ1n) is 4.96. The molecule has 4 heteroatoms. The molecule has 0 aliphatic carbocycles. The molecule has 0 aliphatic heterocycles. The monoisotopic (exact) mass is 298 g/mol. The number of carboxylic acid groups (broad SMARTS) is 1. The van der Waals surface area contributed by atoms with Gasteiger partial charge in [-0.15, -0.1) is 11.3 Å². The van der Waals surface area contributed by atoms with Crippen LogP contribution in [-0.4, -0.2) is 11.1 Å². The topological polar surface area (TPSA) is 37.3 Å². The van der Waals surface area contributed by atoms with Crippen molar-refractivity contribution in [3.05, 3.63) is 33.1 Å². The molecule has 1 heterocycles. The van der Waals surface area contributed by atoms with Gasteiger partial charge in [0.15, 0.2) is 0 Å². The minimum atomic E-state index is -0.832. The van der Waals surface area contributed by atoms with Gasteiger partial charge in [0.2, 0.25) is 0 Å². The first-order valence-corrected chi connectivity index (χ1v) is 6.57. The number of rotatable bonds is 2. The van der Waals surface area contributed by atoms with Crippen molar-refractivity contribution in [2.75, 3.05) is 0 Å². The third-order valence-electron chi connectivity index (χ3n) is 2.46. The van der Waals surface area contributed by atoms with Crippen LogP contribution in [0.1, 0.15) is 35.0 Å². The highest BCUT2D eigenvalue weighted by Gasteiger charge is 2.19. The molecule has 0 radical (unpaired) electrons. The van der Waals surface area contributed by atoms with E-state index < -0.39 is 5.97 Å². The lowest BCUT2D eigenvalue weighted by Gasteiger charge is -2.05. The van der Waals surface area contributed by atoms with Crippen molar-refractivity contribution in [1.29, 1.82) is 0 Å². The molecule has 0 amide bonds. The summed E-state index contributed by atoms with van der Waals surface area (Å²) in [6, 6.07) is 5.89. The Hall–Kier alpha value is -0.870. The predicted molar refractivity (Wildman–Crippen MR) is 70.6 cm³/mol. The first-order chi connectivity index (χ1) is 7.50. The predicted octanol–water partition coefficient (Wildman–Crippen LogP) is 4.49. The molecular formula is C12H11BrO2S. The second-order valence-corrected chi connectivity index (χ2v) is 5.91. The van der Waals surface area contributed by atoms with Crippen LogP contribution < -0.4 is 0 Å². The summed E-state index contributed by atoms with van der Waals surface area (Å²) >= 11 is 4.77. The van der Waals surface area contributed by atoms with Crippen LogP contribution in [0, 0.1) is 0 Å². The van der Waals surface area contributed by atoms with Crippen molar-refractivity contribution in [3.63, 3.8) is 0 Å². The molecule has 2 aromatic rings. The molecule has 0 saturated carbocycles. The minimum Gasteiger partial charge on any atom is -0.477 e. The summed E-state index contributed by atoms with van der Waals surface area (Å²) in [5, 5.41) is 10.2. The van der Waals surface area contributed by atoms with Gasteiger partial charge in [0.1, 0.15) is 4.88 Å². The largest absolute Gasteiger partial charge is 0.477 e. The van der Waals surface area contributed by atoms with Crippen molar-refractivity contribution in [2.24, 2.45) is 0 Å². The van der Waals surface area contributed by atoms with E-state index in [1.165, 1.54) is 11.3 Å². The van der Waals surface area contributed by atoms with Crippen molar-refractivity contribution >= 4 is 43.3 Å². The molecule has 1 aromatic carbocycles. The molecule has 1 N–H and O–H groups in total. The minimum absolute atomic E-state index is 0.217. The maximum absolute atomic E-state index is 11.2. The Morgan fingerprint density at radius 2 is 2.12 bits per heavy atom. The second kappa shape index (κ2) is 4.18. The van der Waals surface area contributed by atoms with Gasteiger partial charge >= 0.3 is 5.97 Å². The molecule has 16 heavy (non-hydrogen) atoms. The number of halogens is 1. The summed E-state index contributed by atoms with van der Waals surface area (Å²) in [5.41, 5.74) is 0.939. The van der Waals surface area contributed by atoms with E-state index in [-0.39, 0.29) is 5.92 Å². The third kappa shape index (κ3) is 1.87. The van der Waals surface area contributed by atoms with Gasteiger partial charge in [0.05, 0.1) is 0 Å². The van der Waals surface area contributed by atoms with Gasteiger partial charge in [0, 0.05) is 9.17 Å². The number of thiophene rings is 1. The number of aromatic carboxylic acids is 1. The Balaban J connectivity index is 2.82. The first kappa shape index (κ1) is 11.6. The molecule has 0 spiro atoms. The zero-order valence-corrected chi connectivity index (χ0v) is 11.4. The lowest BCUT2D eigenvalue weighted by Crippen LogP contribution is -1.99. The van der Waals surface area contributed by atoms with Gasteiger partial charge in [-0.05, 0) is 35.1 Å². The standard InChI is InChI=1S/C12H11BrO2S/c1-6(2)10-8-5-7(13)3-4-9(8)16-11(10)12(14)15/h3-6H,1-2H3,(H,14,15). The highest BCUT2D eigenvalue weighted by Crippen LogP contribution is 2.37. The Labute approximate surface area is 106 Å². The van der Waals surface area contributed by atoms with E-state index in [0.29, 0.717) is 4.88 Å². The third-order valence-corrected chi connectivity index (χ3v) is 4.13. The summed E-state index contributed by atoms with van der Waals surface area (Å²) in [4.78, 5) is 11.6. The van der Waals surface area contributed by atoms with Crippen LogP contribution >= 0.6 is 27.3 Å². The fourth-order valence-electron chi connectivity index (χ4n) is 1.82. The van der Waals surface area contributed by atoms with E-state index in [0.717, 1.165) is 20.1 Å². The highest BCUT2D eigenvalue weighted by molar-refractivity contribution is 9.10. The lowest BCUT2D eigenvalue weighted by atomic mass is 9.99. The van der Waals surface area contributed by atoms with E-state index in [4.69, 9.17) is 0 Å². The summed E-state index contributed by atoms with van der Waals surface area (Å²) < 4.78 is 2.01. The molecule has 0 unspecified atom stereocenters. The highest BCUT2D eigenvalue weighted by atomic mass is 79.9. The SMILES string of the molecule is CC(C)c1c(C(=O)O)sc2ccc(Br)cc12. The Morgan fingerprint density at radius 3 is 2.69 bits per heavy atom. The smallest absolute Gasteiger partial charge is 0.346 e. The molecule has 0 aliphatic rings. The van der Waals surface area contributed by atoms with E-state index in [2.05, 4.69) is 15.9 Å². The molecule has 0 bridgehead atoms. The Morgan fingerprint density at radius 1 is 1.44 bits per heavy atom. The fourth-order valence-corrected chi connectivity index (χ4v) is 3.36. The van der Waals surface area contributed by atoms with Crippen LogP contribution in [0.25, 0.3) is 10.1 Å². The number of carboxylic acids is 1. The second-order valence-electron chi connectivity index (χ2n) is 3.95. The van der Waals surface area contributed by atoms with E-state index >= 15 is 0 Å². The summed E-state index contributed by atoms with van der Waals surface area (Å²) in [6.45, 7) is 4.05. The molecule has 1 aromatic heterocycles. The molecule has 0 atom stereocenters. The molecule has 2 nitrogen and oxygen atoms in total. The van der Waals surface area contributed by atoms with Gasteiger partial charge in [-0.25, -0.2) is 4.79 Å². The lowest BCUT2D eigenvalue weighted by molar-refractivity contribution is 0.0701. The van der Waals surface area contributed by atoms with Crippen LogP contribution in [0.15, 0.2) is 22.7 Å². The van der Waals surface area contributed by atoms with Gasteiger partial charge in [-0.1, -0.05) is 29.8 Å². The van der Waals surface area contributed by atoms with Crippen LogP contribution in [0.4, 0.5) is 0 Å². The number of fused-ring (bicyclic) bond motifs is 1. The number of hydrogen-bond donors (Lipinski definition) is 1. The fraction of sp³-hybridized carbons (Fsp3) is 0.250. The number of hydrogen-bond acceptors (Lipinski definition) is 2. The summed E-state index contributed by atoms with van der Waals surface area (Å²) in [6.07, 6.45) is 0. The molecule has 0 fully saturated rings. The van der Waals surface area contributed by atoms with Crippen LogP contribution in [-0.2, 0) is 0 Å². The van der Waals surface area contributed by atoms with Crippen LogP contribution in [0.3, 0.4) is 0 Å². The maximum atomic E-state index is 11.2. The van der Waals surface area contributed by atoms with E-state index in [1.807, 2.05) is 32.0 Å². The van der Waals surface area contributed by atoms with Gasteiger partial charge < -0.3 is 5.11 Å². The summed E-state index contributed by atoms with van der Waals surface area (Å²) in [7, 11) is 0. The summed E-state index contributed by atoms with van der Waals surface area (Å²) in [5.74, 6) is -0.616. The van der Waals surface area contributed by atoms with Gasteiger partial charge in [-0.2, -0.15) is 0 Å².